The number of halogens is 4. The number of hydrogen-bond acceptors (Lipinski definition) is 6. The van der Waals surface area contributed by atoms with Gasteiger partial charge in [0.2, 0.25) is 0 Å². The van der Waals surface area contributed by atoms with Crippen molar-refractivity contribution in [1.82, 2.24) is 0 Å². The molecule has 2 rings (SSSR count). The molecule has 0 radical (unpaired) electrons. The second-order valence-corrected chi connectivity index (χ2v) is 5.07. The third kappa shape index (κ3) is 4.37. The number of ether oxygens (including phenoxy) is 3. The summed E-state index contributed by atoms with van der Waals surface area (Å²) in [5.41, 5.74) is -1.02. The number of nitrogens with one attached hydrogen (secondary N) is 1. The summed E-state index contributed by atoms with van der Waals surface area (Å²) in [6.45, 7) is 2.68. The highest BCUT2D eigenvalue weighted by Crippen LogP contribution is 2.28. The molecule has 0 unspecified atom stereocenters. The van der Waals surface area contributed by atoms with Crippen molar-refractivity contribution >= 4 is 17.6 Å². The van der Waals surface area contributed by atoms with Gasteiger partial charge in [-0.3, -0.25) is 0 Å². The fourth-order valence-corrected chi connectivity index (χ4v) is 1.74. The Morgan fingerprint density at radius 1 is 1.17 bits per heavy atom. The van der Waals surface area contributed by atoms with Crippen LogP contribution >= 0.6 is 0 Å². The van der Waals surface area contributed by atoms with Gasteiger partial charge < -0.3 is 19.5 Å². The van der Waals surface area contributed by atoms with Crippen LogP contribution in [-0.4, -0.2) is 24.1 Å². The molecule has 1 saturated heterocycles. The van der Waals surface area contributed by atoms with Crippen LogP contribution in [0.25, 0.3) is 0 Å². The van der Waals surface area contributed by atoms with E-state index in [2.05, 4.69) is 10.1 Å². The number of hydrogen-bond donors (Lipinski definition) is 1. The van der Waals surface area contributed by atoms with Crippen molar-refractivity contribution in [1.29, 1.82) is 0 Å². The molecular weight excluding hydrogens is 338 g/mol. The zero-order chi connectivity index (χ0) is 18.1. The molecule has 1 N–H and O–H groups in total. The highest BCUT2D eigenvalue weighted by molar-refractivity contribution is 6.15. The quantitative estimate of drug-likeness (QED) is 0.392. The van der Waals surface area contributed by atoms with E-state index in [1.54, 1.807) is 0 Å². The van der Waals surface area contributed by atoms with E-state index >= 15 is 0 Å². The van der Waals surface area contributed by atoms with Gasteiger partial charge in [0.05, 0.1) is 5.69 Å². The van der Waals surface area contributed by atoms with E-state index in [0.717, 1.165) is 18.3 Å². The van der Waals surface area contributed by atoms with Crippen LogP contribution in [0, 0.1) is 5.82 Å². The second kappa shape index (κ2) is 6.02. The fraction of sp³-hybridized carbons (Fsp3) is 0.286. The van der Waals surface area contributed by atoms with Gasteiger partial charge in [0.1, 0.15) is 11.6 Å². The van der Waals surface area contributed by atoms with Crippen LogP contribution in [0.3, 0.4) is 0 Å². The van der Waals surface area contributed by atoms with Crippen molar-refractivity contribution in [2.45, 2.75) is 26.0 Å². The minimum Gasteiger partial charge on any atom is -0.419 e. The average molecular weight is 349 g/mol. The van der Waals surface area contributed by atoms with Crippen LogP contribution < -0.4 is 10.1 Å². The van der Waals surface area contributed by atoms with Crippen LogP contribution in [0.15, 0.2) is 30.0 Å². The van der Waals surface area contributed by atoms with E-state index in [1.807, 2.05) is 0 Å². The Labute approximate surface area is 133 Å². The number of cyclic esters (lactones) is 2. The second-order valence-electron chi connectivity index (χ2n) is 5.07. The summed E-state index contributed by atoms with van der Waals surface area (Å²) in [7, 11) is 0. The topological polar surface area (TPSA) is 73.9 Å². The number of carbonyl (C=O) groups is 2. The van der Waals surface area contributed by atoms with E-state index < -0.39 is 46.9 Å². The lowest BCUT2D eigenvalue weighted by Gasteiger charge is -2.29. The van der Waals surface area contributed by atoms with Crippen molar-refractivity contribution in [3.63, 3.8) is 0 Å². The van der Waals surface area contributed by atoms with Crippen molar-refractivity contribution in [3.05, 3.63) is 35.8 Å². The molecule has 1 fully saturated rings. The van der Waals surface area contributed by atoms with Gasteiger partial charge in [-0.2, -0.15) is 0 Å². The molecule has 0 atom stereocenters. The van der Waals surface area contributed by atoms with E-state index in [4.69, 9.17) is 9.47 Å². The minimum atomic E-state index is -4.95. The van der Waals surface area contributed by atoms with Crippen LogP contribution in [0.5, 0.6) is 5.75 Å². The maximum absolute atomic E-state index is 13.6. The number of carbonyl (C=O) groups excluding carboxylic acids is 2. The zero-order valence-electron chi connectivity index (χ0n) is 12.4. The average Bonchev–Trinajstić information content (AvgIpc) is 2.38. The van der Waals surface area contributed by atoms with Gasteiger partial charge in [0, 0.05) is 26.1 Å². The van der Waals surface area contributed by atoms with Gasteiger partial charge in [-0.05, 0) is 12.1 Å². The summed E-state index contributed by atoms with van der Waals surface area (Å²) < 4.78 is 63.3. The van der Waals surface area contributed by atoms with Gasteiger partial charge in [-0.15, -0.1) is 13.2 Å². The first-order chi connectivity index (χ1) is 11.0. The first kappa shape index (κ1) is 17.6. The Bertz CT molecular complexity index is 690. The Kier molecular flexibility index (Phi) is 4.41. The standard InChI is InChI=1S/C14H11F4NO5/c1-13(2)23-11(20)8(12(21)24-13)6-19-10-5-7(3-4-9(10)15)22-14(16,17)18/h3-6,19H,1-2H3. The largest absolute Gasteiger partial charge is 0.573 e. The molecular formula is C14H11F4NO5. The fourth-order valence-electron chi connectivity index (χ4n) is 1.74. The zero-order valence-corrected chi connectivity index (χ0v) is 12.4. The van der Waals surface area contributed by atoms with Crippen LogP contribution in [0.2, 0.25) is 0 Å². The molecule has 1 aliphatic heterocycles. The SMILES string of the molecule is CC1(C)OC(=O)C(=CNc2cc(OC(F)(F)F)ccc2F)C(=O)O1. The number of rotatable bonds is 3. The normalized spacial score (nSPS) is 17.0. The molecule has 10 heteroatoms. The molecule has 0 saturated carbocycles. The Hall–Kier alpha value is -2.78. The highest BCUT2D eigenvalue weighted by atomic mass is 19.4. The lowest BCUT2D eigenvalue weighted by molar-refractivity contribution is -0.274. The molecule has 0 aromatic heterocycles. The smallest absolute Gasteiger partial charge is 0.419 e. The Balaban J connectivity index is 2.20. The van der Waals surface area contributed by atoms with Crippen LogP contribution in [-0.2, 0) is 19.1 Å². The summed E-state index contributed by atoms with van der Waals surface area (Å²) in [6, 6.07) is 2.21. The van der Waals surface area contributed by atoms with Crippen molar-refractivity contribution in [2.24, 2.45) is 0 Å². The van der Waals surface area contributed by atoms with Gasteiger partial charge in [-0.25, -0.2) is 14.0 Å². The third-order valence-electron chi connectivity index (χ3n) is 2.66. The van der Waals surface area contributed by atoms with Crippen LogP contribution in [0.1, 0.15) is 13.8 Å². The van der Waals surface area contributed by atoms with Crippen LogP contribution in [0.4, 0.5) is 23.2 Å². The number of anilines is 1. The first-order valence-electron chi connectivity index (χ1n) is 6.45. The molecule has 1 aromatic carbocycles. The van der Waals surface area contributed by atoms with Gasteiger partial charge in [-0.1, -0.05) is 0 Å². The summed E-state index contributed by atoms with van der Waals surface area (Å²) >= 11 is 0. The lowest BCUT2D eigenvalue weighted by atomic mass is 10.2. The van der Waals surface area contributed by atoms with E-state index in [0.29, 0.717) is 6.07 Å². The van der Waals surface area contributed by atoms with Gasteiger partial charge in [0.25, 0.3) is 5.79 Å². The molecule has 24 heavy (non-hydrogen) atoms. The van der Waals surface area contributed by atoms with Gasteiger partial charge >= 0.3 is 18.3 Å². The summed E-state index contributed by atoms with van der Waals surface area (Å²) in [5.74, 6) is -5.10. The predicted octanol–water partition coefficient (Wildman–Crippen LogP) is 2.86. The van der Waals surface area contributed by atoms with Gasteiger partial charge in [0.15, 0.2) is 5.57 Å². The molecule has 0 aliphatic carbocycles. The molecule has 0 amide bonds. The minimum absolute atomic E-state index is 0.449. The number of alkyl halides is 3. The molecule has 1 aliphatic rings. The summed E-state index contributed by atoms with van der Waals surface area (Å²) in [6.07, 6.45) is -4.17. The monoisotopic (exact) mass is 349 g/mol. The predicted molar refractivity (Wildman–Crippen MR) is 71.1 cm³/mol. The maximum atomic E-state index is 13.6. The third-order valence-corrected chi connectivity index (χ3v) is 2.66. The Morgan fingerprint density at radius 2 is 1.75 bits per heavy atom. The van der Waals surface area contributed by atoms with E-state index in [-0.39, 0.29) is 0 Å². The molecule has 130 valence electrons. The summed E-state index contributed by atoms with van der Waals surface area (Å²) in [5, 5.41) is 2.21. The molecule has 0 spiro atoms. The first-order valence-corrected chi connectivity index (χ1v) is 6.45. The highest BCUT2D eigenvalue weighted by Gasteiger charge is 2.39. The van der Waals surface area contributed by atoms with Crippen molar-refractivity contribution in [3.8, 4) is 5.75 Å². The Morgan fingerprint density at radius 3 is 2.29 bits per heavy atom. The van der Waals surface area contributed by atoms with Crippen molar-refractivity contribution < 1.29 is 41.4 Å². The lowest BCUT2D eigenvalue weighted by Crippen LogP contribution is -2.42. The number of esters is 2. The molecule has 1 aromatic rings. The van der Waals surface area contributed by atoms with Crippen molar-refractivity contribution in [2.75, 3.05) is 5.32 Å². The van der Waals surface area contributed by atoms with E-state index in [9.17, 15) is 27.2 Å². The van der Waals surface area contributed by atoms with E-state index in [1.165, 1.54) is 13.8 Å². The summed E-state index contributed by atoms with van der Waals surface area (Å²) in [4.78, 5) is 23.4. The molecule has 0 bridgehead atoms. The molecule has 6 nitrogen and oxygen atoms in total. The molecule has 1 heterocycles. The number of benzene rings is 1. The maximum Gasteiger partial charge on any atom is 0.573 e.